The third-order valence-corrected chi connectivity index (χ3v) is 3.22. The quantitative estimate of drug-likeness (QED) is 0.873. The van der Waals surface area contributed by atoms with E-state index in [1.54, 1.807) is 36.6 Å². The zero-order valence-electron chi connectivity index (χ0n) is 10.6. The van der Waals surface area contributed by atoms with Gasteiger partial charge in [-0.2, -0.15) is 5.26 Å². The van der Waals surface area contributed by atoms with Gasteiger partial charge in [0.2, 0.25) is 5.91 Å². The van der Waals surface area contributed by atoms with Crippen molar-refractivity contribution in [2.45, 2.75) is 25.3 Å². The van der Waals surface area contributed by atoms with Crippen molar-refractivity contribution < 1.29 is 4.79 Å². The number of halogens is 1. The molecule has 0 aliphatic carbocycles. The van der Waals surface area contributed by atoms with Crippen LogP contribution in [0, 0.1) is 11.3 Å². The molecule has 1 amide bonds. The third-order valence-electron chi connectivity index (χ3n) is 3.02. The zero-order valence-corrected chi connectivity index (χ0v) is 11.3. The summed E-state index contributed by atoms with van der Waals surface area (Å²) >= 11 is 6.11. The van der Waals surface area contributed by atoms with Crippen LogP contribution in [0.3, 0.4) is 0 Å². The van der Waals surface area contributed by atoms with Gasteiger partial charge in [-0.15, -0.1) is 11.6 Å². The second-order valence-electron chi connectivity index (χ2n) is 4.32. The van der Waals surface area contributed by atoms with E-state index in [9.17, 15) is 4.79 Å². The molecule has 98 valence electrons. The van der Waals surface area contributed by atoms with Crippen molar-refractivity contribution in [2.24, 2.45) is 5.73 Å². The zero-order chi connectivity index (χ0) is 14.2. The molecule has 0 radical (unpaired) electrons. The summed E-state index contributed by atoms with van der Waals surface area (Å²) in [6.07, 6.45) is 0. The minimum absolute atomic E-state index is 0.388. The van der Waals surface area contributed by atoms with Crippen LogP contribution < -0.4 is 5.73 Å². The molecule has 0 aliphatic rings. The summed E-state index contributed by atoms with van der Waals surface area (Å²) in [4.78, 5) is 15.8. The maximum atomic E-state index is 11.4. The standard InChI is InChI=1S/C13H13ClN4O/c1-7(14)13-17-11-9(6-15)4-3-5-10(11)18(13)8(2)12(16)19/h3-5,7-8H,1-2H3,(H2,16,19). The first-order valence-corrected chi connectivity index (χ1v) is 6.25. The van der Waals surface area contributed by atoms with Gasteiger partial charge in [-0.1, -0.05) is 6.07 Å². The number of imidazole rings is 1. The first kappa shape index (κ1) is 13.4. The summed E-state index contributed by atoms with van der Waals surface area (Å²) < 4.78 is 1.69. The Morgan fingerprint density at radius 1 is 1.53 bits per heavy atom. The topological polar surface area (TPSA) is 84.7 Å². The molecule has 0 spiro atoms. The van der Waals surface area contributed by atoms with Crippen LogP contribution in [0.25, 0.3) is 11.0 Å². The predicted octanol–water partition coefficient (Wildman–Crippen LogP) is 2.25. The number of hydrogen-bond donors (Lipinski definition) is 1. The lowest BCUT2D eigenvalue weighted by molar-refractivity contribution is -0.120. The van der Waals surface area contributed by atoms with Crippen molar-refractivity contribution in [1.82, 2.24) is 9.55 Å². The Bertz CT molecular complexity index is 684. The van der Waals surface area contributed by atoms with Gasteiger partial charge in [-0.05, 0) is 26.0 Å². The summed E-state index contributed by atoms with van der Waals surface area (Å²) in [5, 5.41) is 8.71. The highest BCUT2D eigenvalue weighted by Crippen LogP contribution is 2.29. The number of rotatable bonds is 3. The number of benzene rings is 1. The summed E-state index contributed by atoms with van der Waals surface area (Å²) in [6.45, 7) is 3.45. The molecule has 0 fully saturated rings. The summed E-state index contributed by atoms with van der Waals surface area (Å²) in [5.74, 6) is 0.0610. The van der Waals surface area contributed by atoms with Crippen LogP contribution >= 0.6 is 11.6 Å². The number of nitriles is 1. The van der Waals surface area contributed by atoms with Crippen molar-refractivity contribution in [3.63, 3.8) is 0 Å². The molecule has 6 heteroatoms. The number of primary amides is 1. The smallest absolute Gasteiger partial charge is 0.240 e. The molecule has 1 heterocycles. The molecule has 2 rings (SSSR count). The average Bonchev–Trinajstić information content (AvgIpc) is 2.76. The molecule has 0 saturated carbocycles. The number of nitrogens with zero attached hydrogens (tertiary/aromatic N) is 3. The number of para-hydroxylation sites is 1. The maximum Gasteiger partial charge on any atom is 0.240 e. The van der Waals surface area contributed by atoms with Gasteiger partial charge < -0.3 is 10.3 Å². The highest BCUT2D eigenvalue weighted by atomic mass is 35.5. The molecule has 1 aromatic carbocycles. The number of carbonyl (C=O) groups is 1. The van der Waals surface area contributed by atoms with E-state index >= 15 is 0 Å². The van der Waals surface area contributed by atoms with Crippen molar-refractivity contribution >= 4 is 28.5 Å². The molecule has 0 aliphatic heterocycles. The molecule has 2 N–H and O–H groups in total. The fourth-order valence-electron chi connectivity index (χ4n) is 2.04. The molecule has 2 atom stereocenters. The molecule has 1 aromatic heterocycles. The Balaban J connectivity index is 2.83. The van der Waals surface area contributed by atoms with Gasteiger partial charge in [0, 0.05) is 0 Å². The van der Waals surface area contributed by atoms with Gasteiger partial charge in [-0.3, -0.25) is 4.79 Å². The second-order valence-corrected chi connectivity index (χ2v) is 4.97. The highest BCUT2D eigenvalue weighted by molar-refractivity contribution is 6.20. The molecule has 5 nitrogen and oxygen atoms in total. The average molecular weight is 277 g/mol. The lowest BCUT2D eigenvalue weighted by Gasteiger charge is -2.15. The summed E-state index contributed by atoms with van der Waals surface area (Å²) in [5.41, 5.74) is 7.04. The van der Waals surface area contributed by atoms with E-state index in [1.165, 1.54) is 0 Å². The van der Waals surface area contributed by atoms with Crippen LogP contribution in [-0.2, 0) is 4.79 Å². The second kappa shape index (κ2) is 4.90. The van der Waals surface area contributed by atoms with E-state index in [4.69, 9.17) is 22.6 Å². The van der Waals surface area contributed by atoms with E-state index in [0.29, 0.717) is 22.4 Å². The first-order chi connectivity index (χ1) is 8.97. The van der Waals surface area contributed by atoms with Crippen molar-refractivity contribution in [1.29, 1.82) is 5.26 Å². The third kappa shape index (κ3) is 2.15. The lowest BCUT2D eigenvalue weighted by Crippen LogP contribution is -2.25. The summed E-state index contributed by atoms with van der Waals surface area (Å²) in [7, 11) is 0. The monoisotopic (exact) mass is 276 g/mol. The number of carbonyl (C=O) groups excluding carboxylic acids is 1. The SMILES string of the molecule is CC(Cl)c1nc2c(C#N)cccc2n1C(C)C(N)=O. The van der Waals surface area contributed by atoms with Crippen LogP contribution in [-0.4, -0.2) is 15.5 Å². The van der Waals surface area contributed by atoms with Gasteiger partial charge in [0.05, 0.1) is 16.5 Å². The molecular formula is C13H13ClN4O. The van der Waals surface area contributed by atoms with Crippen LogP contribution in [0.5, 0.6) is 0 Å². The van der Waals surface area contributed by atoms with Gasteiger partial charge in [-0.25, -0.2) is 4.98 Å². The number of amides is 1. The molecule has 2 unspecified atom stereocenters. The molecular weight excluding hydrogens is 264 g/mol. The highest BCUT2D eigenvalue weighted by Gasteiger charge is 2.23. The first-order valence-electron chi connectivity index (χ1n) is 5.81. The number of alkyl halides is 1. The van der Waals surface area contributed by atoms with Crippen molar-refractivity contribution in [3.8, 4) is 6.07 Å². The number of hydrogen-bond acceptors (Lipinski definition) is 3. The molecule has 0 bridgehead atoms. The Kier molecular flexibility index (Phi) is 3.45. The van der Waals surface area contributed by atoms with Crippen LogP contribution in [0.4, 0.5) is 0 Å². The minimum atomic E-state index is -0.574. The number of nitrogens with two attached hydrogens (primary N) is 1. The molecule has 2 aromatic rings. The van der Waals surface area contributed by atoms with Crippen molar-refractivity contribution in [3.05, 3.63) is 29.6 Å². The number of aromatic nitrogens is 2. The van der Waals surface area contributed by atoms with Crippen LogP contribution in [0.15, 0.2) is 18.2 Å². The Labute approximate surface area is 115 Å². The Morgan fingerprint density at radius 2 is 2.21 bits per heavy atom. The lowest BCUT2D eigenvalue weighted by atomic mass is 10.2. The van der Waals surface area contributed by atoms with E-state index in [-0.39, 0.29) is 5.38 Å². The maximum absolute atomic E-state index is 11.4. The van der Waals surface area contributed by atoms with E-state index < -0.39 is 11.9 Å². The van der Waals surface area contributed by atoms with Crippen LogP contribution in [0.2, 0.25) is 0 Å². The summed E-state index contributed by atoms with van der Waals surface area (Å²) in [6, 6.07) is 6.73. The van der Waals surface area contributed by atoms with Gasteiger partial charge in [0.15, 0.2) is 0 Å². The minimum Gasteiger partial charge on any atom is -0.368 e. The van der Waals surface area contributed by atoms with E-state index in [1.807, 2.05) is 0 Å². The van der Waals surface area contributed by atoms with Crippen LogP contribution in [0.1, 0.15) is 36.7 Å². The van der Waals surface area contributed by atoms with Crippen molar-refractivity contribution in [2.75, 3.05) is 0 Å². The fraction of sp³-hybridized carbons (Fsp3) is 0.308. The molecule has 0 saturated heterocycles. The Morgan fingerprint density at radius 3 is 2.74 bits per heavy atom. The largest absolute Gasteiger partial charge is 0.368 e. The van der Waals surface area contributed by atoms with Gasteiger partial charge in [0.1, 0.15) is 23.5 Å². The molecule has 19 heavy (non-hydrogen) atoms. The van der Waals surface area contributed by atoms with Gasteiger partial charge in [0.25, 0.3) is 0 Å². The van der Waals surface area contributed by atoms with E-state index in [2.05, 4.69) is 11.1 Å². The Hall–Kier alpha value is -2.06. The van der Waals surface area contributed by atoms with Gasteiger partial charge >= 0.3 is 0 Å². The predicted molar refractivity (Wildman–Crippen MR) is 72.6 cm³/mol. The normalized spacial score (nSPS) is 14.0. The fourth-order valence-corrected chi connectivity index (χ4v) is 2.19. The van der Waals surface area contributed by atoms with E-state index in [0.717, 1.165) is 0 Å². The number of fused-ring (bicyclic) bond motifs is 1.